The molecule has 0 aliphatic carbocycles. The van der Waals surface area contributed by atoms with Crippen molar-refractivity contribution in [2.24, 2.45) is 0 Å². The Morgan fingerprint density at radius 3 is 2.59 bits per heavy atom. The second kappa shape index (κ2) is 9.13. The SMILES string of the molecule is N#C/C(=C/c1ccc(OCc2cccc([N+](=O)[O-])c2)c(Br)c1)c1ccc(F)cc1. The van der Waals surface area contributed by atoms with Crippen LogP contribution in [0.25, 0.3) is 11.6 Å². The molecule has 0 unspecified atom stereocenters. The zero-order valence-electron chi connectivity index (χ0n) is 15.0. The van der Waals surface area contributed by atoms with Crippen LogP contribution in [0.15, 0.2) is 71.2 Å². The van der Waals surface area contributed by atoms with Crippen molar-refractivity contribution in [3.05, 3.63) is 104 Å². The Kier molecular flexibility index (Phi) is 6.37. The first-order valence-corrected chi connectivity index (χ1v) is 9.29. The van der Waals surface area contributed by atoms with Crippen LogP contribution in [0.3, 0.4) is 0 Å². The summed E-state index contributed by atoms with van der Waals surface area (Å²) in [5.74, 6) is 0.202. The molecule has 0 spiro atoms. The molecular weight excluding hydrogens is 439 g/mol. The molecule has 0 amide bonds. The lowest BCUT2D eigenvalue weighted by Crippen LogP contribution is -1.97. The van der Waals surface area contributed by atoms with E-state index in [-0.39, 0.29) is 18.1 Å². The quantitative estimate of drug-likeness (QED) is 0.195. The molecule has 0 aliphatic heterocycles. The number of halogens is 2. The number of nitro benzene ring substituents is 1. The number of nitriles is 1. The minimum atomic E-state index is -0.450. The van der Waals surface area contributed by atoms with Gasteiger partial charge >= 0.3 is 0 Å². The van der Waals surface area contributed by atoms with Gasteiger partial charge in [0.2, 0.25) is 0 Å². The van der Waals surface area contributed by atoms with E-state index in [2.05, 4.69) is 22.0 Å². The Morgan fingerprint density at radius 1 is 1.17 bits per heavy atom. The van der Waals surface area contributed by atoms with Crippen molar-refractivity contribution in [1.82, 2.24) is 0 Å². The van der Waals surface area contributed by atoms with Gasteiger partial charge in [0.15, 0.2) is 0 Å². The van der Waals surface area contributed by atoms with Crippen molar-refractivity contribution < 1.29 is 14.1 Å². The summed E-state index contributed by atoms with van der Waals surface area (Å²) in [6.45, 7) is 0.175. The second-order valence-corrected chi connectivity index (χ2v) is 6.94. The van der Waals surface area contributed by atoms with E-state index in [1.165, 1.54) is 24.3 Å². The van der Waals surface area contributed by atoms with Gasteiger partial charge in [-0.2, -0.15) is 5.26 Å². The highest BCUT2D eigenvalue weighted by atomic mass is 79.9. The van der Waals surface area contributed by atoms with E-state index in [1.807, 2.05) is 0 Å². The third-order valence-corrected chi connectivity index (χ3v) is 4.68. The van der Waals surface area contributed by atoms with Crippen LogP contribution < -0.4 is 4.74 Å². The molecule has 0 aromatic heterocycles. The van der Waals surface area contributed by atoms with E-state index in [9.17, 15) is 19.8 Å². The largest absolute Gasteiger partial charge is 0.488 e. The summed E-state index contributed by atoms with van der Waals surface area (Å²) >= 11 is 3.44. The topological polar surface area (TPSA) is 76.2 Å². The average molecular weight is 453 g/mol. The van der Waals surface area contributed by atoms with Gasteiger partial charge in [-0.15, -0.1) is 0 Å². The van der Waals surface area contributed by atoms with E-state index >= 15 is 0 Å². The lowest BCUT2D eigenvalue weighted by Gasteiger charge is -2.09. The van der Waals surface area contributed by atoms with Gasteiger partial charge in [-0.05, 0) is 63.0 Å². The van der Waals surface area contributed by atoms with E-state index < -0.39 is 4.92 Å². The fraction of sp³-hybridized carbons (Fsp3) is 0.0455. The van der Waals surface area contributed by atoms with Crippen LogP contribution in [0.2, 0.25) is 0 Å². The van der Waals surface area contributed by atoms with Crippen LogP contribution in [-0.4, -0.2) is 4.92 Å². The van der Waals surface area contributed by atoms with Crippen LogP contribution in [0.4, 0.5) is 10.1 Å². The van der Waals surface area contributed by atoms with Crippen molar-refractivity contribution in [3.63, 3.8) is 0 Å². The summed E-state index contributed by atoms with van der Waals surface area (Å²) < 4.78 is 19.5. The zero-order chi connectivity index (χ0) is 20.8. The molecular formula is C22H14BrFN2O3. The van der Waals surface area contributed by atoms with E-state index in [4.69, 9.17) is 4.74 Å². The Balaban J connectivity index is 1.76. The maximum atomic E-state index is 13.1. The number of nitro groups is 1. The maximum Gasteiger partial charge on any atom is 0.269 e. The summed E-state index contributed by atoms with van der Waals surface area (Å²) in [7, 11) is 0. The fourth-order valence-electron chi connectivity index (χ4n) is 2.62. The van der Waals surface area contributed by atoms with Crippen molar-refractivity contribution in [3.8, 4) is 11.8 Å². The third kappa shape index (κ3) is 5.27. The van der Waals surface area contributed by atoms with Crippen LogP contribution in [0, 0.1) is 27.3 Å². The number of ether oxygens (including phenoxy) is 1. The molecule has 7 heteroatoms. The highest BCUT2D eigenvalue weighted by molar-refractivity contribution is 9.10. The minimum Gasteiger partial charge on any atom is -0.488 e. The van der Waals surface area contributed by atoms with Crippen LogP contribution in [-0.2, 0) is 6.61 Å². The standard InChI is InChI=1S/C22H14BrFN2O3/c23-21-12-15(10-18(13-25)17-5-7-19(24)8-6-17)4-9-22(21)29-14-16-2-1-3-20(11-16)26(27)28/h1-12H,14H2/b18-10-. The van der Waals surface area contributed by atoms with Gasteiger partial charge in [-0.3, -0.25) is 10.1 Å². The maximum absolute atomic E-state index is 13.1. The minimum absolute atomic E-state index is 0.00970. The highest BCUT2D eigenvalue weighted by Crippen LogP contribution is 2.29. The fourth-order valence-corrected chi connectivity index (χ4v) is 3.13. The Hall–Kier alpha value is -3.50. The first-order valence-electron chi connectivity index (χ1n) is 8.49. The molecule has 0 radical (unpaired) electrons. The molecule has 3 aromatic carbocycles. The molecule has 0 bridgehead atoms. The third-order valence-electron chi connectivity index (χ3n) is 4.06. The van der Waals surface area contributed by atoms with E-state index in [1.54, 1.807) is 48.5 Å². The number of nitrogens with zero attached hydrogens (tertiary/aromatic N) is 2. The molecule has 0 N–H and O–H groups in total. The summed E-state index contributed by atoms with van der Waals surface area (Å²) in [5, 5.41) is 20.3. The van der Waals surface area contributed by atoms with Gasteiger partial charge in [0.05, 0.1) is 21.0 Å². The van der Waals surface area contributed by atoms with Crippen LogP contribution >= 0.6 is 15.9 Å². The monoisotopic (exact) mass is 452 g/mol. The Bertz CT molecular complexity index is 1120. The van der Waals surface area contributed by atoms with Gasteiger partial charge in [0.1, 0.15) is 18.2 Å². The molecule has 29 heavy (non-hydrogen) atoms. The van der Waals surface area contributed by atoms with Crippen molar-refractivity contribution >= 4 is 33.3 Å². The summed E-state index contributed by atoms with van der Waals surface area (Å²) in [6.07, 6.45) is 1.70. The number of benzene rings is 3. The van der Waals surface area contributed by atoms with Crippen LogP contribution in [0.5, 0.6) is 5.75 Å². The zero-order valence-corrected chi connectivity index (χ0v) is 16.6. The molecule has 5 nitrogen and oxygen atoms in total. The second-order valence-electron chi connectivity index (χ2n) is 6.08. The highest BCUT2D eigenvalue weighted by Gasteiger charge is 2.08. The lowest BCUT2D eigenvalue weighted by atomic mass is 10.0. The number of allylic oxidation sites excluding steroid dienone is 1. The van der Waals surface area contributed by atoms with Gasteiger partial charge in [0, 0.05) is 12.1 Å². The van der Waals surface area contributed by atoms with Crippen molar-refractivity contribution in [2.75, 3.05) is 0 Å². The van der Waals surface area contributed by atoms with Crippen molar-refractivity contribution in [1.29, 1.82) is 5.26 Å². The predicted molar refractivity (Wildman–Crippen MR) is 111 cm³/mol. The van der Waals surface area contributed by atoms with Crippen molar-refractivity contribution in [2.45, 2.75) is 6.61 Å². The van der Waals surface area contributed by atoms with Gasteiger partial charge < -0.3 is 4.74 Å². The van der Waals surface area contributed by atoms with E-state index in [0.29, 0.717) is 26.9 Å². The molecule has 0 heterocycles. The molecule has 3 aromatic rings. The number of non-ortho nitro benzene ring substituents is 1. The number of hydrogen-bond acceptors (Lipinski definition) is 4. The van der Waals surface area contributed by atoms with Crippen LogP contribution in [0.1, 0.15) is 16.7 Å². The molecule has 0 aliphatic rings. The summed E-state index contributed by atoms with van der Waals surface area (Å²) in [4.78, 5) is 10.4. The smallest absolute Gasteiger partial charge is 0.269 e. The molecule has 144 valence electrons. The lowest BCUT2D eigenvalue weighted by molar-refractivity contribution is -0.384. The van der Waals surface area contributed by atoms with Gasteiger partial charge in [-0.25, -0.2) is 4.39 Å². The molecule has 0 fully saturated rings. The molecule has 3 rings (SSSR count). The molecule has 0 saturated carbocycles. The summed E-state index contributed by atoms with van der Waals surface area (Å²) in [6, 6.07) is 19.4. The number of hydrogen-bond donors (Lipinski definition) is 0. The van der Waals surface area contributed by atoms with Gasteiger partial charge in [-0.1, -0.05) is 30.3 Å². The summed E-state index contributed by atoms with van der Waals surface area (Å²) in [5.41, 5.74) is 2.48. The van der Waals surface area contributed by atoms with E-state index in [0.717, 1.165) is 5.56 Å². The molecule has 0 atom stereocenters. The average Bonchev–Trinajstić information content (AvgIpc) is 2.72. The number of rotatable bonds is 6. The predicted octanol–water partition coefficient (Wildman–Crippen LogP) is 6.14. The normalized spacial score (nSPS) is 11.0. The molecule has 0 saturated heterocycles. The Labute approximate surface area is 175 Å². The first kappa shape index (κ1) is 20.2. The van der Waals surface area contributed by atoms with Gasteiger partial charge in [0.25, 0.3) is 5.69 Å². The first-order chi connectivity index (χ1) is 14.0. The Morgan fingerprint density at radius 2 is 1.93 bits per heavy atom.